The van der Waals surface area contributed by atoms with Crippen molar-refractivity contribution in [3.8, 4) is 28.1 Å². The van der Waals surface area contributed by atoms with Crippen LogP contribution in [0.2, 0.25) is 0 Å². The van der Waals surface area contributed by atoms with Gasteiger partial charge < -0.3 is 4.57 Å². The topological polar surface area (TPSA) is 37.1 Å². The van der Waals surface area contributed by atoms with Crippen molar-refractivity contribution in [2.24, 2.45) is 0 Å². The van der Waals surface area contributed by atoms with Crippen LogP contribution in [0.1, 0.15) is 31.9 Å². The minimum Gasteiger partial charge on any atom is -0.319 e. The van der Waals surface area contributed by atoms with E-state index in [0.29, 0.717) is 17.1 Å². The summed E-state index contributed by atoms with van der Waals surface area (Å²) in [6, 6.07) is 64.1. The van der Waals surface area contributed by atoms with Crippen LogP contribution in [0, 0.1) is 19.1 Å². The Labute approximate surface area is 344 Å². The number of anilines is 3. The number of aromatic nitrogens is 2. The first-order valence-corrected chi connectivity index (χ1v) is 18.4. The normalized spacial score (nSPS) is 14.8. The average molecular weight is 906 g/mol. The summed E-state index contributed by atoms with van der Waals surface area (Å²) in [6.07, 6.45) is 1.89. The molecule has 0 saturated carbocycles. The standard InChI is InChI=1S/C50H34N4O.Pt/c1-33-14-3-4-17-38(33)34-28-29-51-49(30-34)53-45-23-10-7-20-41(45)42-27-26-36(32-48(42)53)50(43-21-8-5-18-39(43)40-19-6-9-22-44(40)50)35-15-13-16-37(31-35)54-47-25-12-11-24-46(47)52(2)55-54;/h3-30H,1-2H3;/q-2;/p+1/i2D3;. The molecule has 0 atom stereocenters. The first-order valence-electron chi connectivity index (χ1n) is 19.9. The zero-order valence-electron chi connectivity index (χ0n) is 33.2. The fourth-order valence-electron chi connectivity index (χ4n) is 8.90. The molecule has 56 heavy (non-hydrogen) atoms. The predicted octanol–water partition coefficient (Wildman–Crippen LogP) is 11.5. The minimum absolute atomic E-state index is 0. The van der Waals surface area contributed by atoms with Gasteiger partial charge in [0.1, 0.15) is 17.2 Å². The SMILES string of the molecule is [2H]C([2H])([2H])N1[OH+]N(c2[c-]c(C3(c4[c-]c5c(cc4)c4ccccc4n5-c4cc(-c5ccccc5C)ccn4)c4ccccc4-c4ccccc43)ccc2)c2ccccc21.[Pt]. The number of nitrogens with zero attached hydrogens (tertiary/aromatic N) is 4. The number of hydrogen-bond donors (Lipinski definition) is 0. The smallest absolute Gasteiger partial charge is 0.145 e. The van der Waals surface area contributed by atoms with Crippen LogP contribution in [0.25, 0.3) is 49.9 Å². The van der Waals surface area contributed by atoms with Gasteiger partial charge in [-0.25, -0.2) is 4.98 Å². The summed E-state index contributed by atoms with van der Waals surface area (Å²) in [7, 11) is 0. The molecule has 1 aliphatic carbocycles. The summed E-state index contributed by atoms with van der Waals surface area (Å²) in [5.41, 5.74) is 12.7. The third kappa shape index (κ3) is 4.91. The summed E-state index contributed by atoms with van der Waals surface area (Å²) < 4.78 is 27.0. The van der Waals surface area contributed by atoms with Gasteiger partial charge in [0.05, 0.1) is 11.1 Å². The van der Waals surface area contributed by atoms with E-state index in [9.17, 15) is 0 Å². The van der Waals surface area contributed by atoms with E-state index in [1.54, 1.807) is 11.1 Å². The maximum Gasteiger partial charge on any atom is 0.145 e. The number of rotatable bonds is 5. The molecule has 0 amide bonds. The van der Waals surface area contributed by atoms with E-state index in [2.05, 4.69) is 156 Å². The molecule has 5 nitrogen and oxygen atoms in total. The number of hydroxylamine groups is 1. The van der Waals surface area contributed by atoms with Crippen molar-refractivity contribution in [2.45, 2.75) is 12.3 Å². The van der Waals surface area contributed by atoms with Crippen molar-refractivity contribution >= 4 is 38.9 Å². The second-order valence-electron chi connectivity index (χ2n) is 14.2. The molecule has 1 aliphatic heterocycles. The molecular weight excluding hydrogens is 868 g/mol. The molecule has 6 heteroatoms. The predicted molar refractivity (Wildman–Crippen MR) is 222 cm³/mol. The summed E-state index contributed by atoms with van der Waals surface area (Å²) in [5, 5.41) is 4.99. The van der Waals surface area contributed by atoms with E-state index < -0.39 is 12.4 Å². The maximum atomic E-state index is 8.26. The van der Waals surface area contributed by atoms with Crippen LogP contribution in [0.4, 0.5) is 17.1 Å². The molecule has 0 bridgehead atoms. The Hall–Kier alpha value is -6.26. The van der Waals surface area contributed by atoms with Crippen LogP contribution < -0.4 is 10.1 Å². The monoisotopic (exact) mass is 905 g/mol. The Morgan fingerprint density at radius 1 is 0.625 bits per heavy atom. The molecule has 3 heterocycles. The Bertz CT molecular complexity index is 3060. The zero-order valence-corrected chi connectivity index (χ0v) is 32.5. The molecule has 2 aromatic heterocycles. The van der Waals surface area contributed by atoms with Gasteiger partial charge in [0, 0.05) is 43.9 Å². The zero-order chi connectivity index (χ0) is 39.2. The molecule has 0 saturated heterocycles. The van der Waals surface area contributed by atoms with Gasteiger partial charge in [0.15, 0.2) is 0 Å². The van der Waals surface area contributed by atoms with Gasteiger partial charge in [-0.2, -0.15) is 35.3 Å². The number of aryl methyl sites for hydroxylation is 1. The summed E-state index contributed by atoms with van der Waals surface area (Å²) in [5.74, 6) is 0.809. The van der Waals surface area contributed by atoms with Gasteiger partial charge in [0.25, 0.3) is 0 Å². The van der Waals surface area contributed by atoms with Gasteiger partial charge in [0.2, 0.25) is 0 Å². The summed E-state index contributed by atoms with van der Waals surface area (Å²) in [6.45, 7) is -0.330. The largest absolute Gasteiger partial charge is 0.319 e. The molecule has 0 unspecified atom stereocenters. The van der Waals surface area contributed by atoms with E-state index in [0.717, 1.165) is 71.6 Å². The molecule has 0 radical (unpaired) electrons. The van der Waals surface area contributed by atoms with Crippen LogP contribution in [0.5, 0.6) is 0 Å². The van der Waals surface area contributed by atoms with E-state index in [1.807, 2.05) is 36.5 Å². The fraction of sp³-hybridized carbons (Fsp3) is 0.0600. The maximum absolute atomic E-state index is 8.26. The van der Waals surface area contributed by atoms with Crippen LogP contribution in [0.15, 0.2) is 170 Å². The Balaban J connectivity index is 0.00000420. The number of para-hydroxylation sites is 3. The second kappa shape index (κ2) is 13.2. The average Bonchev–Trinajstić information content (AvgIpc) is 3.91. The van der Waals surface area contributed by atoms with E-state index in [4.69, 9.17) is 9.10 Å². The molecule has 1 N–H and O–H groups in total. The third-order valence-electron chi connectivity index (χ3n) is 11.3. The van der Waals surface area contributed by atoms with Crippen molar-refractivity contribution in [3.05, 3.63) is 210 Å². The first kappa shape index (κ1) is 31.0. The Morgan fingerprint density at radius 2 is 1.30 bits per heavy atom. The van der Waals surface area contributed by atoms with Gasteiger partial charge in [-0.1, -0.05) is 109 Å². The molecule has 9 aromatic rings. The molecule has 7 aromatic carbocycles. The summed E-state index contributed by atoms with van der Waals surface area (Å²) in [4.78, 5) is 9.64. The fourth-order valence-corrected chi connectivity index (χ4v) is 8.90. The van der Waals surface area contributed by atoms with Gasteiger partial charge in [-0.3, -0.25) is 0 Å². The Morgan fingerprint density at radius 3 is 2.09 bits per heavy atom. The van der Waals surface area contributed by atoms with Crippen LogP contribution >= 0.6 is 0 Å². The van der Waals surface area contributed by atoms with Gasteiger partial charge >= 0.3 is 0 Å². The number of pyridine rings is 1. The quantitative estimate of drug-likeness (QED) is 0.128. The Kier molecular flexibility index (Phi) is 7.31. The van der Waals surface area contributed by atoms with Crippen molar-refractivity contribution in [3.63, 3.8) is 0 Å². The van der Waals surface area contributed by atoms with Crippen LogP contribution in [0.3, 0.4) is 0 Å². The van der Waals surface area contributed by atoms with E-state index in [-0.39, 0.29) is 21.1 Å². The minimum atomic E-state index is -2.47. The van der Waals surface area contributed by atoms with Crippen molar-refractivity contribution in [1.82, 2.24) is 9.55 Å². The second-order valence-corrected chi connectivity index (χ2v) is 14.2. The van der Waals surface area contributed by atoms with Crippen molar-refractivity contribution in [2.75, 3.05) is 17.1 Å². The van der Waals surface area contributed by atoms with Crippen molar-refractivity contribution in [1.29, 1.82) is 0 Å². The number of benzene rings is 7. The molecule has 2 aliphatic rings. The first-order chi connectivity index (χ1) is 28.3. The van der Waals surface area contributed by atoms with Crippen molar-refractivity contribution < 1.29 is 30.1 Å². The molecule has 0 spiro atoms. The number of hydrogen-bond acceptors (Lipinski definition) is 3. The van der Waals surface area contributed by atoms with E-state index in [1.165, 1.54) is 11.1 Å². The molecule has 272 valence electrons. The molecule has 0 fully saturated rings. The molecular formula is C50H35N4OPt-. The van der Waals surface area contributed by atoms with Gasteiger partial charge in [-0.15, -0.1) is 38.8 Å². The van der Waals surface area contributed by atoms with Crippen LogP contribution in [-0.4, -0.2) is 21.5 Å². The molecule has 11 rings (SSSR count). The van der Waals surface area contributed by atoms with Crippen LogP contribution in [-0.2, 0) is 26.5 Å². The van der Waals surface area contributed by atoms with E-state index >= 15 is 0 Å². The summed E-state index contributed by atoms with van der Waals surface area (Å²) >= 11 is 0. The number of fused-ring (bicyclic) bond motifs is 7. The third-order valence-corrected chi connectivity index (χ3v) is 11.3. The van der Waals surface area contributed by atoms with Gasteiger partial charge in [-0.05, 0) is 81.6 Å².